The molecule has 0 spiro atoms. The van der Waals surface area contributed by atoms with Crippen molar-refractivity contribution in [3.63, 3.8) is 0 Å². The molecule has 1 atom stereocenters. The number of aryl methyl sites for hydroxylation is 1. The first-order valence-electron chi connectivity index (χ1n) is 7.16. The Bertz CT molecular complexity index is 482. The Morgan fingerprint density at radius 1 is 1.35 bits per heavy atom. The zero-order chi connectivity index (χ0) is 14.7. The van der Waals surface area contributed by atoms with Crippen molar-refractivity contribution in [2.75, 3.05) is 0 Å². The molecule has 1 fully saturated rings. The van der Waals surface area contributed by atoms with Crippen molar-refractivity contribution in [1.29, 1.82) is 0 Å². The van der Waals surface area contributed by atoms with Crippen LogP contribution < -0.4 is 5.32 Å². The predicted octanol–water partition coefficient (Wildman–Crippen LogP) is 2.86. The number of aliphatic hydroxyl groups excluding tert-OH is 1. The fourth-order valence-corrected chi connectivity index (χ4v) is 2.78. The highest BCUT2D eigenvalue weighted by Crippen LogP contribution is 2.25. The third-order valence-corrected chi connectivity index (χ3v) is 4.11. The zero-order valence-corrected chi connectivity index (χ0v) is 12.0. The van der Waals surface area contributed by atoms with Gasteiger partial charge in [0.1, 0.15) is 0 Å². The van der Waals surface area contributed by atoms with Crippen LogP contribution in [0.4, 0.5) is 5.69 Å². The highest BCUT2D eigenvalue weighted by Gasteiger charge is 2.22. The maximum absolute atomic E-state index is 11.0. The topological polar surface area (TPSA) is 75.4 Å². The van der Waals surface area contributed by atoms with Gasteiger partial charge in [0.15, 0.2) is 0 Å². The molecule has 0 aromatic heterocycles. The number of nitro benzene ring substituents is 1. The van der Waals surface area contributed by atoms with Gasteiger partial charge in [-0.1, -0.05) is 12.1 Å². The van der Waals surface area contributed by atoms with Gasteiger partial charge >= 0.3 is 0 Å². The Balaban J connectivity index is 2.03. The largest absolute Gasteiger partial charge is 0.393 e. The van der Waals surface area contributed by atoms with Gasteiger partial charge in [-0.05, 0) is 45.1 Å². The van der Waals surface area contributed by atoms with Gasteiger partial charge in [0.2, 0.25) is 0 Å². The van der Waals surface area contributed by atoms with Crippen molar-refractivity contribution in [2.45, 2.75) is 57.7 Å². The Morgan fingerprint density at radius 2 is 2.00 bits per heavy atom. The van der Waals surface area contributed by atoms with Crippen molar-refractivity contribution in [1.82, 2.24) is 5.32 Å². The summed E-state index contributed by atoms with van der Waals surface area (Å²) in [4.78, 5) is 10.6. The third-order valence-electron chi connectivity index (χ3n) is 4.11. The third kappa shape index (κ3) is 3.55. The number of benzene rings is 1. The molecule has 1 aromatic rings. The molecule has 1 aliphatic carbocycles. The Kier molecular flexibility index (Phi) is 4.73. The lowest BCUT2D eigenvalue weighted by atomic mass is 9.92. The second-order valence-electron chi connectivity index (χ2n) is 5.70. The van der Waals surface area contributed by atoms with Crippen molar-refractivity contribution < 1.29 is 10.0 Å². The lowest BCUT2D eigenvalue weighted by molar-refractivity contribution is -0.385. The second kappa shape index (κ2) is 6.33. The van der Waals surface area contributed by atoms with Crippen LogP contribution in [0.1, 0.15) is 49.8 Å². The second-order valence-corrected chi connectivity index (χ2v) is 5.70. The molecule has 1 aromatic carbocycles. The van der Waals surface area contributed by atoms with E-state index in [1.165, 1.54) is 0 Å². The molecule has 0 bridgehead atoms. The summed E-state index contributed by atoms with van der Waals surface area (Å²) in [6.45, 7) is 3.78. The van der Waals surface area contributed by atoms with E-state index in [-0.39, 0.29) is 22.8 Å². The monoisotopic (exact) mass is 278 g/mol. The molecule has 1 aliphatic rings. The smallest absolute Gasteiger partial charge is 0.272 e. The highest BCUT2D eigenvalue weighted by molar-refractivity contribution is 5.43. The minimum absolute atomic E-state index is 0.0783. The SMILES string of the molecule is Cc1ccc(C(C)NC2CCC(O)CC2)cc1[N+](=O)[O-]. The van der Waals surface area contributed by atoms with Crippen LogP contribution in [0, 0.1) is 17.0 Å². The lowest BCUT2D eigenvalue weighted by Gasteiger charge is -2.29. The first kappa shape index (κ1) is 14.9. The van der Waals surface area contributed by atoms with E-state index in [1.807, 2.05) is 13.0 Å². The van der Waals surface area contributed by atoms with E-state index in [1.54, 1.807) is 19.1 Å². The molecule has 1 unspecified atom stereocenters. The maximum Gasteiger partial charge on any atom is 0.272 e. The van der Waals surface area contributed by atoms with E-state index in [2.05, 4.69) is 5.32 Å². The van der Waals surface area contributed by atoms with Gasteiger partial charge < -0.3 is 10.4 Å². The van der Waals surface area contributed by atoms with E-state index >= 15 is 0 Å². The van der Waals surface area contributed by atoms with Gasteiger partial charge in [-0.2, -0.15) is 0 Å². The van der Waals surface area contributed by atoms with Crippen molar-refractivity contribution >= 4 is 5.69 Å². The molecular weight excluding hydrogens is 256 g/mol. The maximum atomic E-state index is 11.0. The van der Waals surface area contributed by atoms with Gasteiger partial charge in [-0.25, -0.2) is 0 Å². The van der Waals surface area contributed by atoms with E-state index in [4.69, 9.17) is 0 Å². The quantitative estimate of drug-likeness (QED) is 0.656. The van der Waals surface area contributed by atoms with Crippen LogP contribution in [0.5, 0.6) is 0 Å². The molecule has 2 rings (SSSR count). The Labute approximate surface area is 119 Å². The average molecular weight is 278 g/mol. The summed E-state index contributed by atoms with van der Waals surface area (Å²) in [5, 5.41) is 24.0. The molecule has 1 saturated carbocycles. The number of aliphatic hydroxyl groups is 1. The van der Waals surface area contributed by atoms with Crippen molar-refractivity contribution in [2.24, 2.45) is 0 Å². The number of rotatable bonds is 4. The van der Waals surface area contributed by atoms with Crippen LogP contribution >= 0.6 is 0 Å². The minimum Gasteiger partial charge on any atom is -0.393 e. The number of nitrogens with zero attached hydrogens (tertiary/aromatic N) is 1. The first-order chi connectivity index (χ1) is 9.47. The molecule has 110 valence electrons. The first-order valence-corrected chi connectivity index (χ1v) is 7.16. The normalized spacial score (nSPS) is 24.4. The van der Waals surface area contributed by atoms with Crippen molar-refractivity contribution in [3.05, 3.63) is 39.4 Å². The van der Waals surface area contributed by atoms with E-state index < -0.39 is 0 Å². The Morgan fingerprint density at radius 3 is 2.60 bits per heavy atom. The zero-order valence-electron chi connectivity index (χ0n) is 12.0. The van der Waals surface area contributed by atoms with E-state index in [0.29, 0.717) is 11.6 Å². The molecule has 0 radical (unpaired) electrons. The summed E-state index contributed by atoms with van der Waals surface area (Å²) in [6, 6.07) is 5.86. The van der Waals surface area contributed by atoms with E-state index in [0.717, 1.165) is 31.2 Å². The van der Waals surface area contributed by atoms with Crippen molar-refractivity contribution in [3.8, 4) is 0 Å². The summed E-state index contributed by atoms with van der Waals surface area (Å²) < 4.78 is 0. The summed E-state index contributed by atoms with van der Waals surface area (Å²) >= 11 is 0. The minimum atomic E-state index is -0.331. The van der Waals surface area contributed by atoms with Gasteiger partial charge in [0.05, 0.1) is 11.0 Å². The number of nitro groups is 1. The predicted molar refractivity (Wildman–Crippen MR) is 77.6 cm³/mol. The van der Waals surface area contributed by atoms with E-state index in [9.17, 15) is 15.2 Å². The molecule has 0 amide bonds. The van der Waals surface area contributed by atoms with Gasteiger partial charge in [0.25, 0.3) is 5.69 Å². The molecule has 5 heteroatoms. The van der Waals surface area contributed by atoms with Gasteiger partial charge in [0, 0.05) is 23.7 Å². The molecule has 5 nitrogen and oxygen atoms in total. The van der Waals surface area contributed by atoms with Gasteiger partial charge in [-0.15, -0.1) is 0 Å². The van der Waals surface area contributed by atoms with Crippen LogP contribution in [0.25, 0.3) is 0 Å². The molecule has 0 aliphatic heterocycles. The highest BCUT2D eigenvalue weighted by atomic mass is 16.6. The van der Waals surface area contributed by atoms with Gasteiger partial charge in [-0.3, -0.25) is 10.1 Å². The molecule has 0 saturated heterocycles. The van der Waals surface area contributed by atoms with Crippen LogP contribution in [-0.4, -0.2) is 22.2 Å². The summed E-state index contributed by atoms with van der Waals surface area (Å²) in [7, 11) is 0. The van der Waals surface area contributed by atoms with Crippen LogP contribution in [0.15, 0.2) is 18.2 Å². The van der Waals surface area contributed by atoms with Crippen LogP contribution in [0.3, 0.4) is 0 Å². The average Bonchev–Trinajstić information content (AvgIpc) is 2.41. The fourth-order valence-electron chi connectivity index (χ4n) is 2.78. The Hall–Kier alpha value is -1.46. The molecular formula is C15H22N2O3. The number of hydrogen-bond acceptors (Lipinski definition) is 4. The standard InChI is InChI=1S/C15H22N2O3/c1-10-3-4-12(9-15(10)17(19)20)11(2)16-13-5-7-14(18)8-6-13/h3-4,9,11,13-14,16,18H,5-8H2,1-2H3. The number of hydrogen-bond donors (Lipinski definition) is 2. The molecule has 0 heterocycles. The fraction of sp³-hybridized carbons (Fsp3) is 0.600. The summed E-state index contributed by atoms with van der Waals surface area (Å²) in [6.07, 6.45) is 3.42. The summed E-state index contributed by atoms with van der Waals surface area (Å²) in [5.74, 6) is 0. The number of nitrogens with one attached hydrogen (secondary N) is 1. The lowest BCUT2D eigenvalue weighted by Crippen LogP contribution is -2.36. The summed E-state index contributed by atoms with van der Waals surface area (Å²) in [5.41, 5.74) is 1.80. The van der Waals surface area contributed by atoms with Crippen LogP contribution in [0.2, 0.25) is 0 Å². The molecule has 20 heavy (non-hydrogen) atoms. The van der Waals surface area contributed by atoms with Crippen LogP contribution in [-0.2, 0) is 0 Å². The molecule has 2 N–H and O–H groups in total.